The number of aliphatic hydroxyl groups is 3. The highest BCUT2D eigenvalue weighted by Gasteiger charge is 2.44. The number of imidazole rings is 1. The Morgan fingerprint density at radius 1 is 1.36 bits per heavy atom. The number of hydrogen-bond donors (Lipinski definition) is 4. The van der Waals surface area contributed by atoms with Gasteiger partial charge in [-0.05, 0) is 18.4 Å². The molecule has 0 aliphatic carbocycles. The van der Waals surface area contributed by atoms with Crippen LogP contribution in [-0.4, -0.2) is 78.0 Å². The molecule has 0 bridgehead atoms. The summed E-state index contributed by atoms with van der Waals surface area (Å²) in [5.74, 6) is 1.40. The van der Waals surface area contributed by atoms with Crippen LogP contribution in [0.15, 0.2) is 17.8 Å². The Morgan fingerprint density at radius 3 is 2.92 bits per heavy atom. The summed E-state index contributed by atoms with van der Waals surface area (Å²) in [6, 6.07) is 0. The number of nitrogens with zero attached hydrogens (tertiary/aromatic N) is 5. The summed E-state index contributed by atoms with van der Waals surface area (Å²) < 4.78 is 7.02. The van der Waals surface area contributed by atoms with E-state index in [0.29, 0.717) is 17.0 Å². The van der Waals surface area contributed by atoms with Gasteiger partial charge in [0, 0.05) is 6.21 Å². The molecule has 25 heavy (non-hydrogen) atoms. The van der Waals surface area contributed by atoms with Crippen molar-refractivity contribution in [3.63, 3.8) is 0 Å². The zero-order valence-corrected chi connectivity index (χ0v) is 14.4. The lowest BCUT2D eigenvalue weighted by Crippen LogP contribution is -2.33. The highest BCUT2D eigenvalue weighted by Crippen LogP contribution is 2.31. The van der Waals surface area contributed by atoms with Crippen molar-refractivity contribution >= 4 is 35.0 Å². The van der Waals surface area contributed by atoms with E-state index in [1.54, 1.807) is 18.0 Å². The summed E-state index contributed by atoms with van der Waals surface area (Å²) in [6.45, 7) is -0.395. The summed E-state index contributed by atoms with van der Waals surface area (Å²) >= 11 is 1.73. The number of hydrogen-bond acceptors (Lipinski definition) is 10. The molecule has 2 aromatic rings. The van der Waals surface area contributed by atoms with Gasteiger partial charge in [0.2, 0.25) is 0 Å². The number of thioether (sulfide) groups is 1. The van der Waals surface area contributed by atoms with Gasteiger partial charge < -0.3 is 20.1 Å². The monoisotopic (exact) mass is 368 g/mol. The van der Waals surface area contributed by atoms with Gasteiger partial charge in [-0.2, -0.15) is 16.9 Å². The van der Waals surface area contributed by atoms with Crippen molar-refractivity contribution in [1.82, 2.24) is 19.5 Å². The molecule has 0 radical (unpaired) electrons. The van der Waals surface area contributed by atoms with Crippen LogP contribution in [0, 0.1) is 0 Å². The second kappa shape index (κ2) is 8.06. The minimum atomic E-state index is -1.20. The Hall–Kier alpha value is -1.79. The van der Waals surface area contributed by atoms with E-state index in [4.69, 9.17) is 4.74 Å². The summed E-state index contributed by atoms with van der Waals surface area (Å²) in [5.41, 5.74) is 3.71. The lowest BCUT2D eigenvalue weighted by atomic mass is 10.1. The molecule has 0 amide bonds. The van der Waals surface area contributed by atoms with E-state index in [2.05, 4.69) is 25.5 Å². The molecule has 1 fully saturated rings. The van der Waals surface area contributed by atoms with E-state index in [9.17, 15) is 15.3 Å². The van der Waals surface area contributed by atoms with Crippen LogP contribution in [0.1, 0.15) is 12.6 Å². The molecule has 136 valence electrons. The SMILES string of the molecule is CSCC/C=N/Nc1ncnc2c1ncn2[C@@H]1OC(CO)C(O)[C@@H]1O. The van der Waals surface area contributed by atoms with Gasteiger partial charge in [0.1, 0.15) is 24.6 Å². The molecule has 3 heterocycles. The molecule has 1 aliphatic rings. The van der Waals surface area contributed by atoms with Gasteiger partial charge in [-0.1, -0.05) is 0 Å². The molecule has 11 heteroatoms. The van der Waals surface area contributed by atoms with Gasteiger partial charge >= 0.3 is 0 Å². The topological polar surface area (TPSA) is 138 Å². The van der Waals surface area contributed by atoms with Gasteiger partial charge in [-0.15, -0.1) is 0 Å². The van der Waals surface area contributed by atoms with Crippen LogP contribution in [0.3, 0.4) is 0 Å². The Bertz CT molecular complexity index is 741. The van der Waals surface area contributed by atoms with Crippen LogP contribution in [0.5, 0.6) is 0 Å². The predicted molar refractivity (Wildman–Crippen MR) is 93.4 cm³/mol. The number of aliphatic hydroxyl groups excluding tert-OH is 3. The maximum atomic E-state index is 10.2. The van der Waals surface area contributed by atoms with Crippen LogP contribution in [0.25, 0.3) is 11.2 Å². The number of ether oxygens (including phenoxy) is 1. The van der Waals surface area contributed by atoms with Crippen LogP contribution in [-0.2, 0) is 4.74 Å². The fourth-order valence-corrected chi connectivity index (χ4v) is 2.91. The summed E-state index contributed by atoms with van der Waals surface area (Å²) in [4.78, 5) is 12.5. The number of anilines is 1. The lowest BCUT2D eigenvalue weighted by Gasteiger charge is -2.16. The number of aromatic nitrogens is 4. The van der Waals surface area contributed by atoms with E-state index in [0.717, 1.165) is 12.2 Å². The first-order valence-corrected chi connectivity index (χ1v) is 9.13. The van der Waals surface area contributed by atoms with Gasteiger partial charge in [0.05, 0.1) is 12.9 Å². The normalized spacial score (nSPS) is 26.7. The van der Waals surface area contributed by atoms with Crippen molar-refractivity contribution in [2.24, 2.45) is 5.10 Å². The number of hydrazone groups is 1. The maximum absolute atomic E-state index is 10.2. The maximum Gasteiger partial charge on any atom is 0.177 e. The Balaban J connectivity index is 1.83. The second-order valence-electron chi connectivity index (χ2n) is 5.48. The van der Waals surface area contributed by atoms with Crippen molar-refractivity contribution < 1.29 is 20.1 Å². The Morgan fingerprint density at radius 2 is 2.20 bits per heavy atom. The largest absolute Gasteiger partial charge is 0.394 e. The predicted octanol–water partition coefficient (Wildman–Crippen LogP) is -0.411. The molecule has 4 N–H and O–H groups in total. The smallest absolute Gasteiger partial charge is 0.177 e. The number of fused-ring (bicyclic) bond motifs is 1. The molecule has 1 saturated heterocycles. The van der Waals surface area contributed by atoms with E-state index in [-0.39, 0.29) is 0 Å². The van der Waals surface area contributed by atoms with Crippen molar-refractivity contribution in [1.29, 1.82) is 0 Å². The minimum Gasteiger partial charge on any atom is -0.394 e. The van der Waals surface area contributed by atoms with Crippen LogP contribution in [0.2, 0.25) is 0 Å². The van der Waals surface area contributed by atoms with E-state index >= 15 is 0 Å². The third kappa shape index (κ3) is 3.60. The molecule has 4 atom stereocenters. The molecule has 0 saturated carbocycles. The zero-order valence-electron chi connectivity index (χ0n) is 13.6. The highest BCUT2D eigenvalue weighted by atomic mass is 32.2. The number of nitrogens with one attached hydrogen (secondary N) is 1. The third-order valence-corrected chi connectivity index (χ3v) is 4.51. The van der Waals surface area contributed by atoms with Crippen LogP contribution < -0.4 is 5.43 Å². The quantitative estimate of drug-likeness (QED) is 0.292. The Kier molecular flexibility index (Phi) is 5.81. The lowest BCUT2D eigenvalue weighted by molar-refractivity contribution is -0.0511. The van der Waals surface area contributed by atoms with Crippen LogP contribution in [0.4, 0.5) is 5.82 Å². The van der Waals surface area contributed by atoms with E-state index in [1.165, 1.54) is 17.2 Å². The highest BCUT2D eigenvalue weighted by molar-refractivity contribution is 7.98. The van der Waals surface area contributed by atoms with Gasteiger partial charge in [-0.25, -0.2) is 15.0 Å². The first-order valence-electron chi connectivity index (χ1n) is 7.73. The molecule has 2 aromatic heterocycles. The van der Waals surface area contributed by atoms with Crippen molar-refractivity contribution in [2.45, 2.75) is 31.0 Å². The summed E-state index contributed by atoms with van der Waals surface area (Å²) in [6.07, 6.45) is 3.26. The average Bonchev–Trinajstić information content (AvgIpc) is 3.17. The summed E-state index contributed by atoms with van der Waals surface area (Å²) in [5, 5.41) is 33.4. The fraction of sp³-hybridized carbons (Fsp3) is 0.571. The molecule has 1 aliphatic heterocycles. The second-order valence-corrected chi connectivity index (χ2v) is 6.47. The Labute approximate surface area is 148 Å². The molecule has 0 spiro atoms. The van der Waals surface area contributed by atoms with Crippen molar-refractivity contribution in [3.8, 4) is 0 Å². The first-order chi connectivity index (χ1) is 12.2. The van der Waals surface area contributed by atoms with E-state index < -0.39 is 31.1 Å². The minimum absolute atomic E-state index is 0.395. The van der Waals surface area contributed by atoms with E-state index in [1.807, 2.05) is 6.26 Å². The average molecular weight is 368 g/mol. The van der Waals surface area contributed by atoms with Crippen LogP contribution >= 0.6 is 11.8 Å². The first kappa shape index (κ1) is 18.0. The molecule has 2 unspecified atom stereocenters. The molecule has 0 aromatic carbocycles. The van der Waals surface area contributed by atoms with Gasteiger partial charge in [-0.3, -0.25) is 9.99 Å². The molecular formula is C14H20N6O4S. The van der Waals surface area contributed by atoms with Crippen molar-refractivity contribution in [3.05, 3.63) is 12.7 Å². The standard InChI is InChI=1S/C14H20N6O4S/c1-25-4-2-3-18-19-12-9-13(16-6-15-12)20(7-17-9)14-11(23)10(22)8(5-21)24-14/h3,6-8,10-11,14,21-23H,2,4-5H2,1H3,(H,15,16,19)/b18-3+/t8?,10?,11-,14+/m0/s1. The van der Waals surface area contributed by atoms with Crippen molar-refractivity contribution in [2.75, 3.05) is 24.0 Å². The zero-order chi connectivity index (χ0) is 17.8. The number of rotatable bonds is 7. The fourth-order valence-electron chi connectivity index (χ4n) is 2.57. The summed E-state index contributed by atoms with van der Waals surface area (Å²) in [7, 11) is 0. The molecule has 10 nitrogen and oxygen atoms in total. The molecular weight excluding hydrogens is 348 g/mol. The van der Waals surface area contributed by atoms with Gasteiger partial charge in [0.25, 0.3) is 0 Å². The van der Waals surface area contributed by atoms with Gasteiger partial charge in [0.15, 0.2) is 23.2 Å². The third-order valence-electron chi connectivity index (χ3n) is 3.86. The molecule has 3 rings (SSSR count).